The van der Waals surface area contributed by atoms with Crippen LogP contribution in [0.5, 0.6) is 5.75 Å². The van der Waals surface area contributed by atoms with E-state index < -0.39 is 0 Å². The number of hydrogen-bond donors (Lipinski definition) is 1. The number of halogens is 1. The van der Waals surface area contributed by atoms with Crippen LogP contribution in [0.2, 0.25) is 5.02 Å². The molecule has 0 saturated heterocycles. The second-order valence-electron chi connectivity index (χ2n) is 5.81. The number of nitrogens with one attached hydrogen (secondary N) is 1. The first-order chi connectivity index (χ1) is 13.1. The Balaban J connectivity index is 1.47. The standard InChI is InChI=1S/C19H15ClN4O2S/c1-12-18(19(25)23-24-11-21-15-4-2-3-5-16(15)24)27-17(22-12)10-26-14-8-6-13(20)7-9-14/h2-9,11H,10H2,1H3,(H,23,25). The first-order valence-corrected chi connectivity index (χ1v) is 9.38. The number of aryl methyl sites for hydroxylation is 1. The summed E-state index contributed by atoms with van der Waals surface area (Å²) >= 11 is 7.17. The third-order valence-corrected chi connectivity index (χ3v) is 5.28. The van der Waals surface area contributed by atoms with Crippen molar-refractivity contribution in [1.29, 1.82) is 0 Å². The molecule has 0 radical (unpaired) electrons. The fraction of sp³-hybridized carbons (Fsp3) is 0.105. The number of amides is 1. The second-order valence-corrected chi connectivity index (χ2v) is 7.33. The Morgan fingerprint density at radius 1 is 1.22 bits per heavy atom. The maximum Gasteiger partial charge on any atom is 0.282 e. The second kappa shape index (κ2) is 7.38. The normalized spacial score (nSPS) is 10.9. The van der Waals surface area contributed by atoms with Gasteiger partial charge in [-0.3, -0.25) is 10.2 Å². The number of rotatable bonds is 5. The number of thiazole rings is 1. The lowest BCUT2D eigenvalue weighted by Gasteiger charge is -2.05. The van der Waals surface area contributed by atoms with Crippen molar-refractivity contribution in [3.63, 3.8) is 0 Å². The van der Waals surface area contributed by atoms with Crippen LogP contribution in [0.1, 0.15) is 20.4 Å². The molecule has 0 bridgehead atoms. The number of imidazole rings is 1. The van der Waals surface area contributed by atoms with Gasteiger partial charge in [-0.25, -0.2) is 14.6 Å². The quantitative estimate of drug-likeness (QED) is 0.540. The average molecular weight is 399 g/mol. The van der Waals surface area contributed by atoms with E-state index in [1.165, 1.54) is 11.3 Å². The molecule has 0 spiro atoms. The van der Waals surface area contributed by atoms with Crippen molar-refractivity contribution >= 4 is 39.9 Å². The van der Waals surface area contributed by atoms with Crippen molar-refractivity contribution in [3.05, 3.63) is 75.5 Å². The maximum atomic E-state index is 12.7. The molecule has 8 heteroatoms. The molecule has 0 fully saturated rings. The minimum absolute atomic E-state index is 0.231. The molecule has 4 rings (SSSR count). The molecule has 0 aliphatic heterocycles. The van der Waals surface area contributed by atoms with Crippen LogP contribution in [-0.2, 0) is 6.61 Å². The molecule has 1 amide bonds. The van der Waals surface area contributed by atoms with Crippen molar-refractivity contribution in [1.82, 2.24) is 14.6 Å². The summed E-state index contributed by atoms with van der Waals surface area (Å²) in [6.45, 7) is 2.09. The monoisotopic (exact) mass is 398 g/mol. The molecule has 2 aromatic carbocycles. The van der Waals surface area contributed by atoms with Crippen molar-refractivity contribution in [2.45, 2.75) is 13.5 Å². The van der Waals surface area contributed by atoms with E-state index in [2.05, 4.69) is 15.4 Å². The molecule has 2 heterocycles. The van der Waals surface area contributed by atoms with Crippen LogP contribution in [0.4, 0.5) is 0 Å². The predicted octanol–water partition coefficient (Wildman–Crippen LogP) is 4.42. The maximum absolute atomic E-state index is 12.7. The van der Waals surface area contributed by atoms with E-state index in [1.807, 2.05) is 31.2 Å². The van der Waals surface area contributed by atoms with Crippen molar-refractivity contribution < 1.29 is 9.53 Å². The number of nitrogens with zero attached hydrogens (tertiary/aromatic N) is 3. The summed E-state index contributed by atoms with van der Waals surface area (Å²) in [4.78, 5) is 21.9. The SMILES string of the molecule is Cc1nc(COc2ccc(Cl)cc2)sc1C(=O)Nn1cnc2ccccc21. The van der Waals surface area contributed by atoms with Crippen LogP contribution in [0.15, 0.2) is 54.9 Å². The summed E-state index contributed by atoms with van der Waals surface area (Å²) in [5.74, 6) is 0.467. The van der Waals surface area contributed by atoms with Gasteiger partial charge >= 0.3 is 0 Å². The Kier molecular flexibility index (Phi) is 4.79. The molecule has 4 aromatic rings. The summed E-state index contributed by atoms with van der Waals surface area (Å²) in [5.41, 5.74) is 5.16. The highest BCUT2D eigenvalue weighted by Crippen LogP contribution is 2.22. The molecule has 0 atom stereocenters. The van der Waals surface area contributed by atoms with Crippen molar-refractivity contribution in [3.8, 4) is 5.75 Å². The highest BCUT2D eigenvalue weighted by molar-refractivity contribution is 7.13. The molecule has 0 saturated carbocycles. The Bertz CT molecular complexity index is 1100. The lowest BCUT2D eigenvalue weighted by Crippen LogP contribution is -2.21. The van der Waals surface area contributed by atoms with Gasteiger partial charge in [0, 0.05) is 5.02 Å². The van der Waals surface area contributed by atoms with Crippen LogP contribution < -0.4 is 10.2 Å². The van der Waals surface area contributed by atoms with Crippen molar-refractivity contribution in [2.75, 3.05) is 5.43 Å². The van der Waals surface area contributed by atoms with Crippen LogP contribution in [0.25, 0.3) is 11.0 Å². The summed E-state index contributed by atoms with van der Waals surface area (Å²) in [6.07, 6.45) is 1.59. The third-order valence-electron chi connectivity index (χ3n) is 3.90. The lowest BCUT2D eigenvalue weighted by molar-refractivity contribution is 0.101. The van der Waals surface area contributed by atoms with Gasteiger partial charge in [-0.15, -0.1) is 11.3 Å². The van der Waals surface area contributed by atoms with Gasteiger partial charge in [0.05, 0.1) is 16.7 Å². The number of aromatic nitrogens is 3. The van der Waals surface area contributed by atoms with E-state index in [1.54, 1.807) is 35.3 Å². The van der Waals surface area contributed by atoms with Gasteiger partial charge in [-0.2, -0.15) is 0 Å². The van der Waals surface area contributed by atoms with Crippen LogP contribution >= 0.6 is 22.9 Å². The fourth-order valence-corrected chi connectivity index (χ4v) is 3.60. The average Bonchev–Trinajstić information content (AvgIpc) is 3.25. The molecule has 6 nitrogen and oxygen atoms in total. The van der Waals surface area contributed by atoms with Gasteiger partial charge in [-0.05, 0) is 43.3 Å². The van der Waals surface area contributed by atoms with E-state index in [0.717, 1.165) is 16.0 Å². The number of hydrogen-bond acceptors (Lipinski definition) is 5. The number of carbonyl (C=O) groups excluding carboxylic acids is 1. The minimum Gasteiger partial charge on any atom is -0.486 e. The fourth-order valence-electron chi connectivity index (χ4n) is 2.61. The number of ether oxygens (including phenoxy) is 1. The zero-order chi connectivity index (χ0) is 18.8. The molecule has 27 heavy (non-hydrogen) atoms. The smallest absolute Gasteiger partial charge is 0.282 e. The van der Waals surface area contributed by atoms with Gasteiger partial charge in [0.1, 0.15) is 28.6 Å². The molecule has 1 N–H and O–H groups in total. The van der Waals surface area contributed by atoms with Gasteiger partial charge < -0.3 is 4.74 Å². The Hall–Kier alpha value is -2.90. The number of para-hydroxylation sites is 2. The third kappa shape index (κ3) is 3.79. The number of carbonyl (C=O) groups is 1. The van der Waals surface area contributed by atoms with E-state index >= 15 is 0 Å². The first-order valence-electron chi connectivity index (χ1n) is 8.18. The van der Waals surface area contributed by atoms with Crippen LogP contribution in [0, 0.1) is 6.92 Å². The van der Waals surface area contributed by atoms with Gasteiger partial charge in [-0.1, -0.05) is 23.7 Å². The minimum atomic E-state index is -0.231. The zero-order valence-electron chi connectivity index (χ0n) is 14.3. The van der Waals surface area contributed by atoms with Gasteiger partial charge in [0.15, 0.2) is 0 Å². The Labute approximate surface area is 164 Å². The summed E-state index contributed by atoms with van der Waals surface area (Å²) in [6, 6.07) is 14.7. The summed E-state index contributed by atoms with van der Waals surface area (Å²) in [5, 5.41) is 1.38. The predicted molar refractivity (Wildman–Crippen MR) is 106 cm³/mol. The van der Waals surface area contributed by atoms with E-state index in [0.29, 0.717) is 21.3 Å². The van der Waals surface area contributed by atoms with E-state index in [4.69, 9.17) is 16.3 Å². The number of benzene rings is 2. The molecule has 0 unspecified atom stereocenters. The Morgan fingerprint density at radius 3 is 2.81 bits per heavy atom. The van der Waals surface area contributed by atoms with E-state index in [-0.39, 0.29) is 12.5 Å². The zero-order valence-corrected chi connectivity index (χ0v) is 15.9. The summed E-state index contributed by atoms with van der Waals surface area (Å²) in [7, 11) is 0. The number of fused-ring (bicyclic) bond motifs is 1. The highest BCUT2D eigenvalue weighted by Gasteiger charge is 2.17. The molecular weight excluding hydrogens is 384 g/mol. The highest BCUT2D eigenvalue weighted by atomic mass is 35.5. The molecular formula is C19H15ClN4O2S. The topological polar surface area (TPSA) is 69.0 Å². The first kappa shape index (κ1) is 17.5. The Morgan fingerprint density at radius 2 is 2.00 bits per heavy atom. The molecule has 136 valence electrons. The molecule has 0 aliphatic rings. The largest absolute Gasteiger partial charge is 0.486 e. The van der Waals surface area contributed by atoms with E-state index in [9.17, 15) is 4.79 Å². The molecule has 0 aliphatic carbocycles. The van der Waals surface area contributed by atoms with Crippen molar-refractivity contribution in [2.24, 2.45) is 0 Å². The van der Waals surface area contributed by atoms with Gasteiger partial charge in [0.25, 0.3) is 5.91 Å². The van der Waals surface area contributed by atoms with Crippen LogP contribution in [-0.4, -0.2) is 20.6 Å². The molecule has 2 aromatic heterocycles. The van der Waals surface area contributed by atoms with Gasteiger partial charge in [0.2, 0.25) is 0 Å². The lowest BCUT2D eigenvalue weighted by atomic mass is 10.3. The summed E-state index contributed by atoms with van der Waals surface area (Å²) < 4.78 is 7.31. The van der Waals surface area contributed by atoms with Crippen LogP contribution in [0.3, 0.4) is 0 Å².